The molecule has 35 heavy (non-hydrogen) atoms. The first-order valence-corrected chi connectivity index (χ1v) is 12.2. The zero-order valence-electron chi connectivity index (χ0n) is 19.8. The summed E-state index contributed by atoms with van der Waals surface area (Å²) in [5.41, 5.74) is 3.34. The topological polar surface area (TPSA) is 92.8 Å². The van der Waals surface area contributed by atoms with Crippen molar-refractivity contribution in [3.05, 3.63) is 71.3 Å². The number of allylic oxidation sites excluding steroid dienone is 2. The molecule has 5 rings (SSSR count). The molecule has 0 spiro atoms. The first-order chi connectivity index (χ1) is 16.9. The number of rotatable bonds is 7. The van der Waals surface area contributed by atoms with E-state index >= 15 is 0 Å². The normalized spacial score (nSPS) is 24.1. The highest BCUT2D eigenvalue weighted by atomic mass is 16.5. The minimum Gasteiger partial charge on any atom is -0.452 e. The number of carbonyl (C=O) groups is 4. The van der Waals surface area contributed by atoms with Gasteiger partial charge in [-0.2, -0.15) is 0 Å². The summed E-state index contributed by atoms with van der Waals surface area (Å²) in [4.78, 5) is 52.6. The van der Waals surface area contributed by atoms with E-state index in [0.717, 1.165) is 36.1 Å². The van der Waals surface area contributed by atoms with Gasteiger partial charge in [0.05, 0.1) is 23.1 Å². The summed E-state index contributed by atoms with van der Waals surface area (Å²) in [7, 11) is 0. The molecule has 1 aliphatic heterocycles. The maximum atomic E-state index is 13.1. The number of para-hydroxylation sites is 1. The Kier molecular flexibility index (Phi) is 6.01. The van der Waals surface area contributed by atoms with Gasteiger partial charge in [0, 0.05) is 5.69 Å². The van der Waals surface area contributed by atoms with Crippen LogP contribution in [0.25, 0.3) is 0 Å². The molecule has 1 heterocycles. The van der Waals surface area contributed by atoms with E-state index < -0.39 is 18.5 Å². The van der Waals surface area contributed by atoms with Gasteiger partial charge in [-0.05, 0) is 60.4 Å². The first kappa shape index (κ1) is 23.0. The lowest BCUT2D eigenvalue weighted by Gasteiger charge is -2.18. The molecule has 2 aromatic carbocycles. The predicted molar refractivity (Wildman–Crippen MR) is 131 cm³/mol. The van der Waals surface area contributed by atoms with E-state index in [9.17, 15) is 19.2 Å². The van der Waals surface area contributed by atoms with Crippen LogP contribution in [0.15, 0.2) is 54.6 Å². The second-order valence-electron chi connectivity index (χ2n) is 9.34. The molecule has 2 fully saturated rings. The van der Waals surface area contributed by atoms with E-state index in [-0.39, 0.29) is 41.0 Å². The Balaban J connectivity index is 1.25. The molecule has 2 aliphatic carbocycles. The van der Waals surface area contributed by atoms with Crippen molar-refractivity contribution < 1.29 is 23.9 Å². The van der Waals surface area contributed by atoms with Crippen LogP contribution >= 0.6 is 0 Å². The smallest absolute Gasteiger partial charge is 0.338 e. The molecule has 2 aromatic rings. The molecule has 7 heteroatoms. The quantitative estimate of drug-likeness (QED) is 0.375. The largest absolute Gasteiger partial charge is 0.452 e. The lowest BCUT2D eigenvalue weighted by Crippen LogP contribution is -2.33. The number of amides is 3. The van der Waals surface area contributed by atoms with Gasteiger partial charge in [-0.3, -0.25) is 14.4 Å². The van der Waals surface area contributed by atoms with Crippen molar-refractivity contribution >= 4 is 35.1 Å². The van der Waals surface area contributed by atoms with Crippen molar-refractivity contribution in [2.45, 2.75) is 33.1 Å². The summed E-state index contributed by atoms with van der Waals surface area (Å²) in [6.45, 7) is 3.59. The summed E-state index contributed by atoms with van der Waals surface area (Å²) < 4.78 is 5.25. The third-order valence-electron chi connectivity index (χ3n) is 7.41. The molecule has 2 bridgehead atoms. The average molecular weight is 473 g/mol. The minimum absolute atomic E-state index is 0.115. The van der Waals surface area contributed by atoms with Gasteiger partial charge in [-0.1, -0.05) is 50.3 Å². The molecule has 7 nitrogen and oxygen atoms in total. The van der Waals surface area contributed by atoms with E-state index in [1.807, 2.05) is 44.2 Å². The molecule has 1 saturated heterocycles. The highest BCUT2D eigenvalue weighted by Crippen LogP contribution is 2.53. The van der Waals surface area contributed by atoms with Gasteiger partial charge in [-0.25, -0.2) is 9.69 Å². The number of hydrogen-bond acceptors (Lipinski definition) is 5. The highest BCUT2D eigenvalue weighted by Gasteiger charge is 2.59. The number of anilines is 2. The molecular weight excluding hydrogens is 444 g/mol. The van der Waals surface area contributed by atoms with Crippen LogP contribution in [0.5, 0.6) is 0 Å². The van der Waals surface area contributed by atoms with Crippen LogP contribution in [0.3, 0.4) is 0 Å². The zero-order valence-corrected chi connectivity index (χ0v) is 19.8. The number of carbonyl (C=O) groups excluding carboxylic acids is 4. The predicted octanol–water partition coefficient (Wildman–Crippen LogP) is 3.92. The molecular formula is C28H28N2O5. The fourth-order valence-electron chi connectivity index (χ4n) is 5.72. The molecule has 3 amide bonds. The van der Waals surface area contributed by atoms with Gasteiger partial charge in [0.1, 0.15) is 0 Å². The molecule has 0 aromatic heterocycles. The standard InChI is InChI=1S/C28H28N2O5/c1-3-16-7-5-8-17(4-2)25(16)29-22(31)15-35-28(34)20-9-6-10-21(14-20)30-26(32)23-18-11-12-19(13-18)24(23)27(30)33/h5-12,14,18-19,23-24H,3-4,13,15H2,1-2H3,(H,29,31)/t18-,19-,23+,24+/m0/s1. The number of aryl methyl sites for hydroxylation is 2. The Labute approximate surface area is 204 Å². The Hall–Kier alpha value is -3.74. The van der Waals surface area contributed by atoms with E-state index in [4.69, 9.17) is 4.74 Å². The number of fused-ring (bicyclic) bond motifs is 5. The fraction of sp³-hybridized carbons (Fsp3) is 0.357. The first-order valence-electron chi connectivity index (χ1n) is 12.2. The van der Waals surface area contributed by atoms with E-state index in [1.54, 1.807) is 18.2 Å². The van der Waals surface area contributed by atoms with Crippen LogP contribution < -0.4 is 10.2 Å². The monoisotopic (exact) mass is 472 g/mol. The van der Waals surface area contributed by atoms with Gasteiger partial charge in [-0.15, -0.1) is 0 Å². The molecule has 0 unspecified atom stereocenters. The van der Waals surface area contributed by atoms with Crippen molar-refractivity contribution in [3.63, 3.8) is 0 Å². The lowest BCUT2D eigenvalue weighted by molar-refractivity contribution is -0.123. The minimum atomic E-state index is -0.692. The summed E-state index contributed by atoms with van der Waals surface area (Å²) in [5.74, 6) is -1.92. The number of imide groups is 1. The van der Waals surface area contributed by atoms with Gasteiger partial charge >= 0.3 is 5.97 Å². The summed E-state index contributed by atoms with van der Waals surface area (Å²) in [6, 6.07) is 12.2. The number of benzene rings is 2. The Bertz CT molecular complexity index is 1200. The molecule has 4 atom stereocenters. The summed E-state index contributed by atoms with van der Waals surface area (Å²) >= 11 is 0. The average Bonchev–Trinajstić information content (AvgIpc) is 3.56. The molecule has 1 N–H and O–H groups in total. The van der Waals surface area contributed by atoms with Crippen molar-refractivity contribution in [2.75, 3.05) is 16.8 Å². The zero-order chi connectivity index (χ0) is 24.7. The van der Waals surface area contributed by atoms with Crippen molar-refractivity contribution in [1.29, 1.82) is 0 Å². The second kappa shape index (κ2) is 9.13. The maximum absolute atomic E-state index is 13.1. The van der Waals surface area contributed by atoms with Gasteiger partial charge in [0.2, 0.25) is 11.8 Å². The molecule has 180 valence electrons. The summed E-state index contributed by atoms with van der Waals surface area (Å²) in [5, 5.41) is 2.87. The number of nitrogens with zero attached hydrogens (tertiary/aromatic N) is 1. The third-order valence-corrected chi connectivity index (χ3v) is 7.41. The molecule has 0 radical (unpaired) electrons. The van der Waals surface area contributed by atoms with E-state index in [1.165, 1.54) is 11.0 Å². The Morgan fingerprint density at radius 1 is 0.943 bits per heavy atom. The van der Waals surface area contributed by atoms with Crippen LogP contribution in [-0.4, -0.2) is 30.3 Å². The third kappa shape index (κ3) is 3.95. The number of hydrogen-bond donors (Lipinski definition) is 1. The number of esters is 1. The number of ether oxygens (including phenoxy) is 1. The fourth-order valence-corrected chi connectivity index (χ4v) is 5.72. The van der Waals surface area contributed by atoms with Crippen molar-refractivity contribution in [1.82, 2.24) is 0 Å². The van der Waals surface area contributed by atoms with Gasteiger partial charge in [0.25, 0.3) is 5.91 Å². The number of nitrogens with one attached hydrogen (secondary N) is 1. The Morgan fingerprint density at radius 2 is 1.54 bits per heavy atom. The van der Waals surface area contributed by atoms with Gasteiger partial charge < -0.3 is 10.1 Å². The maximum Gasteiger partial charge on any atom is 0.338 e. The van der Waals surface area contributed by atoms with Crippen LogP contribution in [0.1, 0.15) is 41.8 Å². The van der Waals surface area contributed by atoms with Crippen LogP contribution in [-0.2, 0) is 32.0 Å². The molecule has 1 saturated carbocycles. The highest BCUT2D eigenvalue weighted by molar-refractivity contribution is 6.23. The van der Waals surface area contributed by atoms with E-state index in [0.29, 0.717) is 5.69 Å². The van der Waals surface area contributed by atoms with E-state index in [2.05, 4.69) is 5.32 Å². The summed E-state index contributed by atoms with van der Waals surface area (Å²) in [6.07, 6.45) is 6.48. The molecule has 3 aliphatic rings. The second-order valence-corrected chi connectivity index (χ2v) is 9.34. The van der Waals surface area contributed by atoms with Crippen LogP contribution in [0.4, 0.5) is 11.4 Å². The van der Waals surface area contributed by atoms with Gasteiger partial charge in [0.15, 0.2) is 6.61 Å². The van der Waals surface area contributed by atoms with Crippen molar-refractivity contribution in [3.8, 4) is 0 Å². The lowest BCUT2D eigenvalue weighted by atomic mass is 9.85. The SMILES string of the molecule is CCc1cccc(CC)c1NC(=O)COC(=O)c1cccc(N2C(=O)[C@H]3[C@H](C2=O)[C@H]2C=C[C@H]3C2)c1. The Morgan fingerprint density at radius 3 is 2.14 bits per heavy atom. The van der Waals surface area contributed by atoms with Crippen LogP contribution in [0, 0.1) is 23.7 Å². The van der Waals surface area contributed by atoms with Crippen LogP contribution in [0.2, 0.25) is 0 Å². The van der Waals surface area contributed by atoms with Crippen molar-refractivity contribution in [2.24, 2.45) is 23.7 Å².